The summed E-state index contributed by atoms with van der Waals surface area (Å²) in [7, 11) is 0. The molecule has 1 unspecified atom stereocenters. The lowest BCUT2D eigenvalue weighted by atomic mass is 10.0. The number of likely N-dealkylation sites (N-methyl/N-ethyl adjacent to an activating group) is 1. The highest BCUT2D eigenvalue weighted by molar-refractivity contribution is 5.25. The summed E-state index contributed by atoms with van der Waals surface area (Å²) in [4.78, 5) is 4.48. The van der Waals surface area contributed by atoms with Crippen LogP contribution in [0.1, 0.15) is 44.1 Å². The molecule has 114 valence electrons. The third kappa shape index (κ3) is 4.71. The smallest absolute Gasteiger partial charge is 0.113 e. The molecule has 1 aromatic heterocycles. The van der Waals surface area contributed by atoms with Gasteiger partial charge >= 0.3 is 0 Å². The standard InChI is InChI=1S/C18H27N3/c1-4-11-21-12-10-20-18(21)14-17-8-6-16(7-9-17)13-15(3)19-5-2/h6-10,12,15,19H,4-5,11,13-14H2,1-3H3. The Morgan fingerprint density at radius 1 is 1.14 bits per heavy atom. The highest BCUT2D eigenvalue weighted by Gasteiger charge is 2.05. The minimum Gasteiger partial charge on any atom is -0.335 e. The number of nitrogens with zero attached hydrogens (tertiary/aromatic N) is 2. The highest BCUT2D eigenvalue weighted by Crippen LogP contribution is 2.11. The summed E-state index contributed by atoms with van der Waals surface area (Å²) in [5.74, 6) is 1.16. The normalized spacial score (nSPS) is 12.5. The van der Waals surface area contributed by atoms with Crippen LogP contribution < -0.4 is 5.32 Å². The van der Waals surface area contributed by atoms with Crippen molar-refractivity contribution in [3.8, 4) is 0 Å². The molecule has 0 fully saturated rings. The quantitative estimate of drug-likeness (QED) is 0.805. The van der Waals surface area contributed by atoms with Gasteiger partial charge in [0.05, 0.1) is 0 Å². The van der Waals surface area contributed by atoms with Gasteiger partial charge in [-0.1, -0.05) is 38.1 Å². The van der Waals surface area contributed by atoms with Crippen molar-refractivity contribution in [2.24, 2.45) is 0 Å². The molecule has 3 nitrogen and oxygen atoms in total. The number of hydrogen-bond acceptors (Lipinski definition) is 2. The molecule has 0 aliphatic carbocycles. The minimum atomic E-state index is 0.532. The van der Waals surface area contributed by atoms with E-state index in [4.69, 9.17) is 0 Å². The summed E-state index contributed by atoms with van der Waals surface area (Å²) in [5, 5.41) is 3.45. The molecule has 0 amide bonds. The summed E-state index contributed by atoms with van der Waals surface area (Å²) in [6.07, 6.45) is 7.11. The van der Waals surface area contributed by atoms with E-state index in [1.165, 1.54) is 11.1 Å². The van der Waals surface area contributed by atoms with Crippen molar-refractivity contribution in [2.45, 2.75) is 52.6 Å². The first-order valence-corrected chi connectivity index (χ1v) is 8.04. The fraction of sp³-hybridized carbons (Fsp3) is 0.500. The van der Waals surface area contributed by atoms with E-state index in [2.05, 4.69) is 66.1 Å². The molecule has 0 spiro atoms. The zero-order valence-electron chi connectivity index (χ0n) is 13.5. The Kier molecular flexibility index (Phi) is 6.00. The summed E-state index contributed by atoms with van der Waals surface area (Å²) < 4.78 is 2.25. The van der Waals surface area contributed by atoms with Gasteiger partial charge in [0.2, 0.25) is 0 Å². The molecule has 21 heavy (non-hydrogen) atoms. The number of aryl methyl sites for hydroxylation is 1. The van der Waals surface area contributed by atoms with Crippen LogP contribution in [-0.4, -0.2) is 22.1 Å². The zero-order chi connectivity index (χ0) is 15.1. The second kappa shape index (κ2) is 7.99. The van der Waals surface area contributed by atoms with Crippen molar-refractivity contribution in [3.63, 3.8) is 0 Å². The van der Waals surface area contributed by atoms with Gasteiger partial charge in [-0.25, -0.2) is 4.98 Å². The van der Waals surface area contributed by atoms with Crippen molar-refractivity contribution in [1.82, 2.24) is 14.9 Å². The van der Waals surface area contributed by atoms with Gasteiger partial charge in [0.15, 0.2) is 0 Å². The Morgan fingerprint density at radius 2 is 1.86 bits per heavy atom. The SMILES string of the molecule is CCCn1ccnc1Cc1ccc(CC(C)NCC)cc1. The lowest BCUT2D eigenvalue weighted by Gasteiger charge is -2.12. The summed E-state index contributed by atoms with van der Waals surface area (Å²) in [5.41, 5.74) is 2.72. The molecule has 2 rings (SSSR count). The predicted octanol–water partition coefficient (Wildman–Crippen LogP) is 3.42. The Hall–Kier alpha value is -1.61. The second-order valence-corrected chi connectivity index (χ2v) is 5.69. The Labute approximate surface area is 128 Å². The fourth-order valence-corrected chi connectivity index (χ4v) is 2.70. The van der Waals surface area contributed by atoms with Crippen LogP contribution in [0, 0.1) is 0 Å². The minimum absolute atomic E-state index is 0.532. The van der Waals surface area contributed by atoms with Gasteiger partial charge in [0.1, 0.15) is 5.82 Å². The van der Waals surface area contributed by atoms with Crippen LogP contribution in [0.3, 0.4) is 0 Å². The highest BCUT2D eigenvalue weighted by atomic mass is 15.1. The van der Waals surface area contributed by atoms with Crippen LogP contribution in [-0.2, 0) is 19.4 Å². The van der Waals surface area contributed by atoms with E-state index in [0.29, 0.717) is 6.04 Å². The van der Waals surface area contributed by atoms with Crippen LogP contribution in [0.15, 0.2) is 36.7 Å². The molecule has 0 bridgehead atoms. The van der Waals surface area contributed by atoms with Gasteiger partial charge in [-0.3, -0.25) is 0 Å². The number of imidazole rings is 1. The first-order chi connectivity index (χ1) is 10.2. The van der Waals surface area contributed by atoms with Gasteiger partial charge in [0, 0.05) is 31.4 Å². The predicted molar refractivity (Wildman–Crippen MR) is 88.6 cm³/mol. The fourth-order valence-electron chi connectivity index (χ4n) is 2.70. The third-order valence-electron chi connectivity index (χ3n) is 3.75. The van der Waals surface area contributed by atoms with Crippen LogP contribution in [0.2, 0.25) is 0 Å². The number of aromatic nitrogens is 2. The molecule has 1 aromatic carbocycles. The number of rotatable bonds is 8. The molecule has 0 aliphatic heterocycles. The maximum absolute atomic E-state index is 4.48. The molecular weight excluding hydrogens is 258 g/mol. The molecule has 2 aromatic rings. The van der Waals surface area contributed by atoms with E-state index in [1.54, 1.807) is 0 Å². The zero-order valence-corrected chi connectivity index (χ0v) is 13.5. The lowest BCUT2D eigenvalue weighted by Crippen LogP contribution is -2.27. The molecule has 1 atom stereocenters. The molecule has 3 heteroatoms. The molecule has 0 saturated carbocycles. The Morgan fingerprint density at radius 3 is 2.52 bits per heavy atom. The van der Waals surface area contributed by atoms with Crippen molar-refractivity contribution in [3.05, 3.63) is 53.6 Å². The largest absolute Gasteiger partial charge is 0.335 e. The van der Waals surface area contributed by atoms with Gasteiger partial charge in [-0.2, -0.15) is 0 Å². The van der Waals surface area contributed by atoms with E-state index in [9.17, 15) is 0 Å². The van der Waals surface area contributed by atoms with E-state index in [1.807, 2.05) is 6.20 Å². The van der Waals surface area contributed by atoms with Gasteiger partial charge in [-0.15, -0.1) is 0 Å². The second-order valence-electron chi connectivity index (χ2n) is 5.69. The molecule has 0 aliphatic rings. The number of hydrogen-bond donors (Lipinski definition) is 1. The van der Waals surface area contributed by atoms with Gasteiger partial charge in [-0.05, 0) is 37.4 Å². The van der Waals surface area contributed by atoms with Crippen molar-refractivity contribution >= 4 is 0 Å². The van der Waals surface area contributed by atoms with Crippen LogP contribution in [0.5, 0.6) is 0 Å². The lowest BCUT2D eigenvalue weighted by molar-refractivity contribution is 0.565. The van der Waals surface area contributed by atoms with Crippen molar-refractivity contribution in [1.29, 1.82) is 0 Å². The average molecular weight is 285 g/mol. The average Bonchev–Trinajstić information content (AvgIpc) is 2.89. The number of nitrogens with one attached hydrogen (secondary N) is 1. The first kappa shape index (κ1) is 15.8. The van der Waals surface area contributed by atoms with Gasteiger partial charge in [0.25, 0.3) is 0 Å². The van der Waals surface area contributed by atoms with Crippen LogP contribution in [0.25, 0.3) is 0 Å². The molecular formula is C18H27N3. The van der Waals surface area contributed by atoms with E-state index in [0.717, 1.165) is 38.2 Å². The van der Waals surface area contributed by atoms with Gasteiger partial charge < -0.3 is 9.88 Å². The van der Waals surface area contributed by atoms with Crippen molar-refractivity contribution in [2.75, 3.05) is 6.54 Å². The van der Waals surface area contributed by atoms with Crippen molar-refractivity contribution < 1.29 is 0 Å². The summed E-state index contributed by atoms with van der Waals surface area (Å²) in [6, 6.07) is 9.49. The number of benzene rings is 1. The van der Waals surface area contributed by atoms with E-state index < -0.39 is 0 Å². The molecule has 0 saturated heterocycles. The van der Waals surface area contributed by atoms with E-state index in [-0.39, 0.29) is 0 Å². The molecule has 0 radical (unpaired) electrons. The van der Waals surface area contributed by atoms with Crippen LogP contribution >= 0.6 is 0 Å². The third-order valence-corrected chi connectivity index (χ3v) is 3.75. The first-order valence-electron chi connectivity index (χ1n) is 8.04. The Bertz CT molecular complexity index is 528. The maximum Gasteiger partial charge on any atom is 0.113 e. The molecule has 1 N–H and O–H groups in total. The molecule has 1 heterocycles. The summed E-state index contributed by atoms with van der Waals surface area (Å²) >= 11 is 0. The summed E-state index contributed by atoms with van der Waals surface area (Å²) in [6.45, 7) is 8.66. The van der Waals surface area contributed by atoms with E-state index >= 15 is 0 Å². The van der Waals surface area contributed by atoms with Crippen LogP contribution in [0.4, 0.5) is 0 Å². The Balaban J connectivity index is 1.97. The monoisotopic (exact) mass is 285 g/mol. The topological polar surface area (TPSA) is 29.9 Å². The maximum atomic E-state index is 4.48.